The minimum Gasteiger partial charge on any atom is -0.233 e. The minimum atomic E-state index is -0.327. The molecule has 1 aromatic heterocycles. The van der Waals surface area contributed by atoms with Gasteiger partial charge < -0.3 is 0 Å². The Morgan fingerprint density at radius 2 is 2.00 bits per heavy atom. The molecule has 0 aliphatic heterocycles. The molecule has 100 valence electrons. The van der Waals surface area contributed by atoms with E-state index < -0.39 is 0 Å². The summed E-state index contributed by atoms with van der Waals surface area (Å²) in [5.74, 6) is 0.580. The lowest BCUT2D eigenvalue weighted by molar-refractivity contribution is 0.627. The molecule has 0 fully saturated rings. The number of hydrogen-bond acceptors (Lipinski definition) is 2. The molecule has 19 heavy (non-hydrogen) atoms. The van der Waals surface area contributed by atoms with Gasteiger partial charge in [-0.25, -0.2) is 14.4 Å². The maximum absolute atomic E-state index is 13.3. The maximum atomic E-state index is 13.3. The Morgan fingerprint density at radius 1 is 1.26 bits per heavy atom. The molecule has 2 nitrogen and oxygen atoms in total. The minimum absolute atomic E-state index is 0.327. The normalized spacial score (nSPS) is 11.1. The van der Waals surface area contributed by atoms with Crippen LogP contribution in [-0.4, -0.2) is 9.97 Å². The predicted molar refractivity (Wildman–Crippen MR) is 78.7 cm³/mol. The van der Waals surface area contributed by atoms with Gasteiger partial charge in [-0.05, 0) is 36.6 Å². The molecule has 1 aromatic carbocycles. The van der Waals surface area contributed by atoms with Crippen LogP contribution in [0.5, 0.6) is 0 Å². The molecule has 0 radical (unpaired) electrons. The fourth-order valence-corrected chi connectivity index (χ4v) is 2.41. The second-order valence-corrected chi connectivity index (χ2v) is 5.97. The van der Waals surface area contributed by atoms with E-state index in [0.29, 0.717) is 22.5 Å². The second-order valence-electron chi connectivity index (χ2n) is 4.73. The Balaban J connectivity index is 2.49. The van der Waals surface area contributed by atoms with Crippen molar-refractivity contribution in [2.45, 2.75) is 20.3 Å². The lowest BCUT2D eigenvalue weighted by Gasteiger charge is -2.08. The molecule has 0 aliphatic rings. The lowest BCUT2D eigenvalue weighted by Crippen LogP contribution is -2.01. The van der Waals surface area contributed by atoms with Gasteiger partial charge in [-0.1, -0.05) is 41.4 Å². The summed E-state index contributed by atoms with van der Waals surface area (Å²) in [4.78, 5) is 8.62. The zero-order chi connectivity index (χ0) is 14.0. The molecule has 2 rings (SSSR count). The van der Waals surface area contributed by atoms with Crippen LogP contribution in [0.3, 0.4) is 0 Å². The van der Waals surface area contributed by atoms with Crippen molar-refractivity contribution in [2.75, 3.05) is 0 Å². The van der Waals surface area contributed by atoms with Gasteiger partial charge in [-0.15, -0.1) is 0 Å². The SMILES string of the molecule is CC(C)Cc1cc(Cl)nc(-c2cc(F)ccc2Br)n1. The van der Waals surface area contributed by atoms with Crippen LogP contribution in [0.2, 0.25) is 5.15 Å². The van der Waals surface area contributed by atoms with Crippen LogP contribution in [0.15, 0.2) is 28.7 Å². The van der Waals surface area contributed by atoms with Gasteiger partial charge in [0.1, 0.15) is 11.0 Å². The number of benzene rings is 1. The smallest absolute Gasteiger partial charge is 0.162 e. The summed E-state index contributed by atoms with van der Waals surface area (Å²) < 4.78 is 14.1. The second kappa shape index (κ2) is 5.97. The van der Waals surface area contributed by atoms with E-state index >= 15 is 0 Å². The molecule has 0 saturated carbocycles. The molecule has 0 spiro atoms. The summed E-state index contributed by atoms with van der Waals surface area (Å²) in [7, 11) is 0. The fourth-order valence-electron chi connectivity index (χ4n) is 1.78. The van der Waals surface area contributed by atoms with Gasteiger partial charge in [0.15, 0.2) is 5.82 Å². The van der Waals surface area contributed by atoms with Gasteiger partial charge in [0.05, 0.1) is 0 Å². The monoisotopic (exact) mass is 342 g/mol. The maximum Gasteiger partial charge on any atom is 0.162 e. The number of hydrogen-bond donors (Lipinski definition) is 0. The van der Waals surface area contributed by atoms with Gasteiger partial charge in [0.2, 0.25) is 0 Å². The van der Waals surface area contributed by atoms with Gasteiger partial charge in [-0.2, -0.15) is 0 Å². The average molecular weight is 344 g/mol. The molecule has 0 aliphatic carbocycles. The molecular formula is C14H13BrClFN2. The lowest BCUT2D eigenvalue weighted by atomic mass is 10.1. The van der Waals surface area contributed by atoms with Crippen LogP contribution >= 0.6 is 27.5 Å². The van der Waals surface area contributed by atoms with Crippen molar-refractivity contribution in [3.63, 3.8) is 0 Å². The van der Waals surface area contributed by atoms with E-state index in [0.717, 1.165) is 16.6 Å². The Bertz CT molecular complexity index is 602. The first-order valence-corrected chi connectivity index (χ1v) is 7.11. The standard InChI is InChI=1S/C14H13BrClFN2/c1-8(2)5-10-7-13(16)19-14(18-10)11-6-9(17)3-4-12(11)15/h3-4,6-8H,5H2,1-2H3. The highest BCUT2D eigenvalue weighted by molar-refractivity contribution is 9.10. The summed E-state index contributed by atoms with van der Waals surface area (Å²) in [6.45, 7) is 4.21. The Labute approximate surface area is 125 Å². The Morgan fingerprint density at radius 3 is 2.68 bits per heavy atom. The topological polar surface area (TPSA) is 25.8 Å². The van der Waals surface area contributed by atoms with Crippen molar-refractivity contribution < 1.29 is 4.39 Å². The number of aromatic nitrogens is 2. The predicted octanol–water partition coefficient (Wildman–Crippen LogP) is 4.90. The Kier molecular flexibility index (Phi) is 4.53. The first-order chi connectivity index (χ1) is 8.95. The largest absolute Gasteiger partial charge is 0.233 e. The van der Waals surface area contributed by atoms with E-state index in [9.17, 15) is 4.39 Å². The average Bonchev–Trinajstić information content (AvgIpc) is 2.30. The summed E-state index contributed by atoms with van der Waals surface area (Å²) in [5, 5.41) is 0.372. The van der Waals surface area contributed by atoms with Gasteiger partial charge >= 0.3 is 0 Å². The van der Waals surface area contributed by atoms with E-state index in [4.69, 9.17) is 11.6 Å². The molecule has 2 aromatic rings. The van der Waals surface area contributed by atoms with Crippen LogP contribution in [0.25, 0.3) is 11.4 Å². The van der Waals surface area contributed by atoms with Crippen LogP contribution in [0.1, 0.15) is 19.5 Å². The highest BCUT2D eigenvalue weighted by Gasteiger charge is 2.11. The summed E-state index contributed by atoms with van der Waals surface area (Å²) in [5.41, 5.74) is 1.47. The van der Waals surface area contributed by atoms with E-state index in [2.05, 4.69) is 39.7 Å². The quantitative estimate of drug-likeness (QED) is 0.741. The number of rotatable bonds is 3. The van der Waals surface area contributed by atoms with Crippen molar-refractivity contribution in [1.29, 1.82) is 0 Å². The number of nitrogens with zero attached hydrogens (tertiary/aromatic N) is 2. The van der Waals surface area contributed by atoms with Crippen LogP contribution < -0.4 is 0 Å². The van der Waals surface area contributed by atoms with Crippen molar-refractivity contribution in [2.24, 2.45) is 5.92 Å². The number of halogens is 3. The van der Waals surface area contributed by atoms with Crippen LogP contribution in [0, 0.1) is 11.7 Å². The van der Waals surface area contributed by atoms with Crippen molar-refractivity contribution in [3.05, 3.63) is 45.4 Å². The van der Waals surface area contributed by atoms with Crippen LogP contribution in [-0.2, 0) is 6.42 Å². The summed E-state index contributed by atoms with van der Waals surface area (Å²) >= 11 is 9.39. The van der Waals surface area contributed by atoms with Crippen molar-refractivity contribution in [3.8, 4) is 11.4 Å². The molecule has 0 bridgehead atoms. The molecule has 0 N–H and O–H groups in total. The van der Waals surface area contributed by atoms with E-state index in [1.807, 2.05) is 0 Å². The van der Waals surface area contributed by atoms with E-state index in [1.54, 1.807) is 12.1 Å². The third kappa shape index (κ3) is 3.74. The zero-order valence-electron chi connectivity index (χ0n) is 10.6. The first kappa shape index (κ1) is 14.4. The van der Waals surface area contributed by atoms with E-state index in [1.165, 1.54) is 12.1 Å². The van der Waals surface area contributed by atoms with Crippen molar-refractivity contribution in [1.82, 2.24) is 9.97 Å². The molecule has 0 unspecified atom stereocenters. The summed E-state index contributed by atoms with van der Waals surface area (Å²) in [6, 6.07) is 6.16. The third-order valence-electron chi connectivity index (χ3n) is 2.53. The molecule has 0 saturated heterocycles. The van der Waals surface area contributed by atoms with Crippen molar-refractivity contribution >= 4 is 27.5 Å². The Hall–Kier alpha value is -1.000. The van der Waals surface area contributed by atoms with Gasteiger partial charge in [0.25, 0.3) is 0 Å². The highest BCUT2D eigenvalue weighted by atomic mass is 79.9. The molecule has 0 atom stereocenters. The fraction of sp³-hybridized carbons (Fsp3) is 0.286. The van der Waals surface area contributed by atoms with Gasteiger partial charge in [-0.3, -0.25) is 0 Å². The third-order valence-corrected chi connectivity index (χ3v) is 3.42. The zero-order valence-corrected chi connectivity index (χ0v) is 13.0. The molecule has 0 amide bonds. The van der Waals surface area contributed by atoms with Gasteiger partial charge in [0, 0.05) is 15.7 Å². The summed E-state index contributed by atoms with van der Waals surface area (Å²) in [6.07, 6.45) is 0.808. The molecular weight excluding hydrogens is 331 g/mol. The van der Waals surface area contributed by atoms with E-state index in [-0.39, 0.29) is 5.82 Å². The van der Waals surface area contributed by atoms with Crippen LogP contribution in [0.4, 0.5) is 4.39 Å². The molecule has 5 heteroatoms. The molecule has 1 heterocycles. The first-order valence-electron chi connectivity index (χ1n) is 5.94. The highest BCUT2D eigenvalue weighted by Crippen LogP contribution is 2.27.